The molecule has 3 aromatic heterocycles. The molecule has 0 bridgehead atoms. The van der Waals surface area contributed by atoms with E-state index in [9.17, 15) is 90.0 Å². The normalized spacial score (nSPS) is 36.8. The molecule has 45 nitrogen and oxygen atoms in total. The maximum absolute atomic E-state index is 14.9. The molecule has 12 unspecified atom stereocenters. The first-order valence-electron chi connectivity index (χ1n) is 36.6. The van der Waals surface area contributed by atoms with Gasteiger partial charge in [0.05, 0.1) is 43.4 Å². The summed E-state index contributed by atoms with van der Waals surface area (Å²) in [6.07, 6.45) is -46.0. The third-order valence-electron chi connectivity index (χ3n) is 19.5. The number of ether oxygens (including phenoxy) is 12. The van der Waals surface area contributed by atoms with Crippen LogP contribution in [-0.4, -0.2) is 391 Å². The number of amides is 6. The molecule has 6 aliphatic heterocycles. The van der Waals surface area contributed by atoms with Crippen LogP contribution in [-0.2, 0) is 123 Å². The average Bonchev–Trinajstić information content (AvgIpc) is 0.824. The topological polar surface area (TPSA) is 620 Å². The molecule has 18 N–H and O–H groups in total. The van der Waals surface area contributed by atoms with Gasteiger partial charge in [-0.05, 0) is 32.6 Å². The van der Waals surface area contributed by atoms with Crippen molar-refractivity contribution in [3.8, 4) is 0 Å². The van der Waals surface area contributed by atoms with E-state index < -0.39 is 239 Å². The smallest absolute Gasteiger partial charge is 0.394 e. The van der Waals surface area contributed by atoms with Gasteiger partial charge in [0.15, 0.2) is 37.4 Å². The molecule has 46 heteroatoms. The fraction of sp³-hybridized carbons (Fsp3) is 0.812. The molecule has 30 atom stereocenters. The van der Waals surface area contributed by atoms with Crippen LogP contribution in [0, 0.1) is 0 Å². The monoisotopic (exact) mass is 1630 g/mol. The number of carbonyl (C=O) groups is 6. The van der Waals surface area contributed by atoms with Crippen LogP contribution in [0.5, 0.6) is 0 Å². The summed E-state index contributed by atoms with van der Waals surface area (Å²) >= 11 is 0.449. The van der Waals surface area contributed by atoms with Gasteiger partial charge in [0.1, 0.15) is 110 Å². The van der Waals surface area contributed by atoms with Crippen molar-refractivity contribution in [2.45, 2.75) is 282 Å². The summed E-state index contributed by atoms with van der Waals surface area (Å²) in [5.41, 5.74) is 2.19. The van der Waals surface area contributed by atoms with Gasteiger partial charge in [-0.15, -0.1) is 10.2 Å². The van der Waals surface area contributed by atoms with Crippen LogP contribution in [0.25, 0.3) is 0 Å². The van der Waals surface area contributed by atoms with Crippen LogP contribution in [0.15, 0.2) is 18.6 Å². The van der Waals surface area contributed by atoms with Gasteiger partial charge < -0.3 is 135 Å². The van der Waals surface area contributed by atoms with Crippen molar-refractivity contribution in [2.24, 2.45) is 0 Å². The Morgan fingerprint density at radius 2 is 0.736 bits per heavy atom. The van der Waals surface area contributed by atoms with Crippen molar-refractivity contribution in [3.63, 3.8) is 0 Å². The fourth-order valence-corrected chi connectivity index (χ4v) is 14.3. The number of aliphatic hydroxyl groups is 12. The Hall–Kier alpha value is -6.08. The van der Waals surface area contributed by atoms with Gasteiger partial charge >= 0.3 is 120 Å². The minimum Gasteiger partial charge on any atom is -0.394 e. The third kappa shape index (κ3) is 21.5. The minimum absolute atomic E-state index is 0.0485. The van der Waals surface area contributed by atoms with Crippen molar-refractivity contribution in [1.29, 1.82) is 0 Å². The molecule has 6 saturated heterocycles. The molecular formula is C64H104GaN15O30. The summed E-state index contributed by atoms with van der Waals surface area (Å²) in [5.74, 6) is -5.38. The Balaban J connectivity index is 0.992. The van der Waals surface area contributed by atoms with Gasteiger partial charge in [-0.3, -0.25) is 33.3 Å². The molecule has 0 aliphatic carbocycles. The molecular weight excluding hydrogens is 1530 g/mol. The molecule has 6 fully saturated rings. The van der Waals surface area contributed by atoms with Crippen LogP contribution in [0.1, 0.15) is 77.9 Å². The SMILES string of the molecule is CCc1cn(CCCNC(=O)C2O[C@@H](O[C@@H]3C(NC(C)=O)[C@H](O[C@@H]4C(C(=O)NCCCn5cc(CC)nn5)O[C@@H](O[C@@H]5C(NC(C)=O)[C@H](O[C@@H]6C(C(=O)NCCCn7cc([CH2][GaH2])nn7)O[C@@H](O[C@@H]7C(NC(C)=O)[C@H](C)OC(CO)[C@H]7O)C(O)[C@H]6O)OC(CO)[C@H]5O)C(O)[C@H]4O)OC(CO)[C@H]3O)C(O)[C@@H](O)[C@@H]2OC)nn1. The number of nitrogens with one attached hydrogen (secondary N) is 6. The summed E-state index contributed by atoms with van der Waals surface area (Å²) < 4.78 is 77.6. The maximum atomic E-state index is 14.9. The van der Waals surface area contributed by atoms with E-state index in [4.69, 9.17) is 56.8 Å². The van der Waals surface area contributed by atoms with E-state index >= 15 is 0 Å². The van der Waals surface area contributed by atoms with E-state index in [1.807, 2.05) is 13.8 Å². The zero-order chi connectivity index (χ0) is 79.9. The van der Waals surface area contributed by atoms with E-state index in [0.29, 0.717) is 50.1 Å². The number of hydrogen-bond acceptors (Lipinski definition) is 36. The zero-order valence-electron chi connectivity index (χ0n) is 61.9. The first-order chi connectivity index (χ1) is 52.6. The van der Waals surface area contributed by atoms with Crippen molar-refractivity contribution >= 4 is 54.0 Å². The molecule has 6 amide bonds. The minimum atomic E-state index is -2.43. The molecule has 3 aromatic rings. The third-order valence-corrected chi connectivity index (χ3v) is 21.1. The summed E-state index contributed by atoms with van der Waals surface area (Å²) in [5, 5.41) is 179. The van der Waals surface area contributed by atoms with Gasteiger partial charge in [-0.1, -0.05) is 24.3 Å². The number of nitrogens with zero attached hydrogens (tertiary/aromatic N) is 9. The molecule has 0 saturated carbocycles. The zero-order valence-corrected chi connectivity index (χ0v) is 66.1. The van der Waals surface area contributed by atoms with Crippen LogP contribution in [0.4, 0.5) is 0 Å². The van der Waals surface area contributed by atoms with E-state index in [2.05, 4.69) is 62.8 Å². The van der Waals surface area contributed by atoms with E-state index in [1.54, 1.807) is 28.0 Å². The molecule has 618 valence electrons. The van der Waals surface area contributed by atoms with Crippen molar-refractivity contribution in [3.05, 3.63) is 35.7 Å². The van der Waals surface area contributed by atoms with Crippen molar-refractivity contribution in [1.82, 2.24) is 76.9 Å². The first-order valence-corrected chi connectivity index (χ1v) is 39.5. The molecule has 6 aliphatic rings. The summed E-state index contributed by atoms with van der Waals surface area (Å²) in [7, 11) is 1.14. The number of hydrogen-bond donors (Lipinski definition) is 18. The van der Waals surface area contributed by atoms with Gasteiger partial charge in [-0.25, -0.2) is 0 Å². The second-order valence-corrected chi connectivity index (χ2v) is 29.0. The Morgan fingerprint density at radius 1 is 0.427 bits per heavy atom. The van der Waals surface area contributed by atoms with Gasteiger partial charge in [0.2, 0.25) is 17.7 Å². The average molecular weight is 1630 g/mol. The predicted molar refractivity (Wildman–Crippen MR) is 365 cm³/mol. The van der Waals surface area contributed by atoms with E-state index in [1.165, 1.54) is 11.6 Å². The molecule has 9 heterocycles. The van der Waals surface area contributed by atoms with Crippen LogP contribution in [0.2, 0.25) is 0 Å². The number of aliphatic hydroxyl groups excluding tert-OH is 12. The first kappa shape index (κ1) is 87.9. The van der Waals surface area contributed by atoms with Gasteiger partial charge in [0, 0.05) is 66.5 Å². The van der Waals surface area contributed by atoms with Gasteiger partial charge in [-0.2, -0.15) is 0 Å². The Bertz CT molecular complexity index is 3450. The van der Waals surface area contributed by atoms with Crippen LogP contribution >= 0.6 is 0 Å². The fourth-order valence-electron chi connectivity index (χ4n) is 13.7. The Morgan fingerprint density at radius 3 is 1.05 bits per heavy atom. The predicted octanol–water partition coefficient (Wildman–Crippen LogP) is -12.3. The summed E-state index contributed by atoms with van der Waals surface area (Å²) in [4.78, 5) is 83.3. The summed E-state index contributed by atoms with van der Waals surface area (Å²) in [6.45, 7) is 6.18. The molecule has 0 aromatic carbocycles. The number of aromatic nitrogens is 9. The summed E-state index contributed by atoms with van der Waals surface area (Å²) in [6, 6.07) is -4.96. The standard InChI is InChI=1S/C64H102N15O30.Ga.2H/c1-9-31-21-78(75-72-31)18-12-15-65-57(95)54-51(98-8)42(89)45(92)62(107-54)103-49-37(69-29(6)84)60(100-34(24-81)40(49)87)106-53-44(91)47(94)64(109-56(53)59(97)67-16-13-19-79-22-32(10-2)73-76-79)104-50-38(70-30(7)85)61(101-35(25-82)41(50)88)105-52-43(90)46(93)63(102-48-36(68-28(5)83)27(4)99-33(23-80)39(48)86)108-55(52)58(96)66-14-11-17-77-20-26(3)71-74-77;;;/h20-22,27,33-56,60-64,80-82,86-94H,3,9-19,23-25H2,1-2,4-8H3,(H,65,95)(H,66,96)(H,67,97)(H,68,83)(H,69,84)(H,70,85);;;/t27-,33?,34?,35?,36?,37?,38?,39+,40+,41+,42+,43+,44+,45?,46?,47?,48+,49+,50+,51-,52-,53-,54?,55?,56?,60-,61-,62+,63+,64+;;;/m0.../s1. The molecule has 9 rings (SSSR count). The van der Waals surface area contributed by atoms with Crippen LogP contribution < -0.4 is 31.9 Å². The van der Waals surface area contributed by atoms with Crippen LogP contribution in [0.3, 0.4) is 0 Å². The number of methoxy groups -OCH3 is 1. The van der Waals surface area contributed by atoms with E-state index in [-0.39, 0.29) is 45.6 Å². The van der Waals surface area contributed by atoms with E-state index in [0.717, 1.165) is 44.2 Å². The van der Waals surface area contributed by atoms with Crippen molar-refractivity contribution < 1.29 is 147 Å². The van der Waals surface area contributed by atoms with Gasteiger partial charge in [0.25, 0.3) is 11.8 Å². The Labute approximate surface area is 639 Å². The molecule has 110 heavy (non-hydrogen) atoms. The second kappa shape index (κ2) is 40.8. The Kier molecular flexibility index (Phi) is 32.6. The number of aryl methyl sites for hydroxylation is 5. The molecule has 0 radical (unpaired) electrons. The quantitative estimate of drug-likeness (QED) is 0.0192. The van der Waals surface area contributed by atoms with Crippen molar-refractivity contribution in [2.75, 3.05) is 46.6 Å². The number of carbonyl (C=O) groups excluding carboxylic acids is 6. The second-order valence-electron chi connectivity index (χ2n) is 27.5. The number of rotatable bonds is 35. The molecule has 0 spiro atoms.